The summed E-state index contributed by atoms with van der Waals surface area (Å²) in [6, 6.07) is 18.9. The van der Waals surface area contributed by atoms with Gasteiger partial charge in [-0.15, -0.1) is 0 Å². The fourth-order valence-electron chi connectivity index (χ4n) is 2.57. The summed E-state index contributed by atoms with van der Waals surface area (Å²) in [4.78, 5) is 24.9. The van der Waals surface area contributed by atoms with Crippen LogP contribution in [0.4, 0.5) is 11.4 Å². The molecule has 0 saturated carbocycles. The minimum Gasteiger partial charge on any atom is -0.392 e. The Kier molecular flexibility index (Phi) is 6.08. The minimum absolute atomic E-state index is 0.123. The lowest BCUT2D eigenvalue weighted by Gasteiger charge is -2.08. The van der Waals surface area contributed by atoms with Crippen LogP contribution in [0, 0.1) is 17.0 Å². The number of carbonyl (C=O) groups excluding carboxylic acids is 1. The molecule has 0 fully saturated rings. The Balaban J connectivity index is 1.84. The van der Waals surface area contributed by atoms with Crippen LogP contribution in [0.1, 0.15) is 21.5 Å². The van der Waals surface area contributed by atoms with Crippen LogP contribution in [0.15, 0.2) is 76.5 Å². The van der Waals surface area contributed by atoms with E-state index in [1.165, 1.54) is 17.8 Å². The quantitative estimate of drug-likeness (QED) is 0.463. The van der Waals surface area contributed by atoms with Crippen molar-refractivity contribution in [1.82, 2.24) is 0 Å². The highest BCUT2D eigenvalue weighted by Crippen LogP contribution is 2.35. The topological polar surface area (TPSA) is 92.5 Å². The molecule has 0 heterocycles. The van der Waals surface area contributed by atoms with Crippen LogP contribution in [-0.2, 0) is 6.61 Å². The largest absolute Gasteiger partial charge is 0.392 e. The van der Waals surface area contributed by atoms with Gasteiger partial charge in [0.1, 0.15) is 0 Å². The molecule has 3 aromatic rings. The van der Waals surface area contributed by atoms with Gasteiger partial charge in [0.15, 0.2) is 0 Å². The van der Waals surface area contributed by atoms with E-state index in [1.54, 1.807) is 36.4 Å². The van der Waals surface area contributed by atoms with Gasteiger partial charge in [0, 0.05) is 22.2 Å². The second kappa shape index (κ2) is 8.69. The van der Waals surface area contributed by atoms with E-state index in [1.807, 2.05) is 31.2 Å². The number of anilines is 1. The summed E-state index contributed by atoms with van der Waals surface area (Å²) in [5.74, 6) is -0.454. The van der Waals surface area contributed by atoms with E-state index in [4.69, 9.17) is 0 Å². The van der Waals surface area contributed by atoms with Crippen LogP contribution in [0.3, 0.4) is 0 Å². The molecule has 0 spiro atoms. The first-order valence-corrected chi connectivity index (χ1v) is 9.32. The molecule has 1 amide bonds. The van der Waals surface area contributed by atoms with Gasteiger partial charge in [0.05, 0.1) is 16.4 Å². The SMILES string of the molecule is Cc1ccc(Sc2ccc(C(=O)Nc3cccc(CO)c3)cc2[N+](=O)[O-])cc1. The number of nitrogens with zero attached hydrogens (tertiary/aromatic N) is 1. The number of hydrogen-bond donors (Lipinski definition) is 2. The van der Waals surface area contributed by atoms with E-state index in [9.17, 15) is 20.0 Å². The van der Waals surface area contributed by atoms with Crippen molar-refractivity contribution in [1.29, 1.82) is 0 Å². The average molecular weight is 394 g/mol. The highest BCUT2D eigenvalue weighted by atomic mass is 32.2. The predicted molar refractivity (Wildman–Crippen MR) is 109 cm³/mol. The van der Waals surface area contributed by atoms with Crippen LogP contribution in [0.5, 0.6) is 0 Å². The zero-order valence-corrected chi connectivity index (χ0v) is 15.9. The molecule has 7 heteroatoms. The van der Waals surface area contributed by atoms with E-state index < -0.39 is 10.8 Å². The maximum absolute atomic E-state index is 12.5. The molecular formula is C21H18N2O4S. The van der Waals surface area contributed by atoms with Crippen molar-refractivity contribution < 1.29 is 14.8 Å². The summed E-state index contributed by atoms with van der Waals surface area (Å²) in [5, 5.41) is 23.4. The zero-order chi connectivity index (χ0) is 20.1. The maximum atomic E-state index is 12.5. The third kappa shape index (κ3) is 4.76. The van der Waals surface area contributed by atoms with Crippen LogP contribution in [-0.4, -0.2) is 15.9 Å². The van der Waals surface area contributed by atoms with Crippen molar-refractivity contribution in [3.8, 4) is 0 Å². The summed E-state index contributed by atoms with van der Waals surface area (Å²) in [6.45, 7) is 1.83. The van der Waals surface area contributed by atoms with Crippen molar-refractivity contribution in [3.05, 3.63) is 93.5 Å². The molecule has 3 aromatic carbocycles. The van der Waals surface area contributed by atoms with Gasteiger partial charge >= 0.3 is 0 Å². The summed E-state index contributed by atoms with van der Waals surface area (Å²) in [7, 11) is 0. The first-order valence-electron chi connectivity index (χ1n) is 8.50. The Hall–Kier alpha value is -3.16. The lowest BCUT2D eigenvalue weighted by atomic mass is 10.1. The van der Waals surface area contributed by atoms with E-state index in [2.05, 4.69) is 5.32 Å². The third-order valence-electron chi connectivity index (χ3n) is 4.03. The number of nitro groups is 1. The van der Waals surface area contributed by atoms with E-state index >= 15 is 0 Å². The van der Waals surface area contributed by atoms with Gasteiger partial charge in [-0.25, -0.2) is 0 Å². The Morgan fingerprint density at radius 1 is 1.11 bits per heavy atom. The molecule has 0 atom stereocenters. The second-order valence-electron chi connectivity index (χ2n) is 6.17. The monoisotopic (exact) mass is 394 g/mol. The van der Waals surface area contributed by atoms with Crippen molar-refractivity contribution >= 4 is 29.0 Å². The molecule has 2 N–H and O–H groups in total. The van der Waals surface area contributed by atoms with Gasteiger partial charge in [0.25, 0.3) is 11.6 Å². The number of nitrogens with one attached hydrogen (secondary N) is 1. The van der Waals surface area contributed by atoms with E-state index in [0.717, 1.165) is 10.5 Å². The van der Waals surface area contributed by atoms with Crippen molar-refractivity contribution in [2.45, 2.75) is 23.3 Å². The number of aryl methyl sites for hydroxylation is 1. The Morgan fingerprint density at radius 3 is 2.54 bits per heavy atom. The van der Waals surface area contributed by atoms with Crippen LogP contribution in [0.2, 0.25) is 0 Å². The van der Waals surface area contributed by atoms with Crippen LogP contribution in [0.25, 0.3) is 0 Å². The molecule has 0 aliphatic heterocycles. The Labute approximate surface area is 166 Å². The fourth-order valence-corrected chi connectivity index (χ4v) is 3.47. The number of hydrogen-bond acceptors (Lipinski definition) is 5. The van der Waals surface area contributed by atoms with E-state index in [-0.39, 0.29) is 17.9 Å². The molecule has 142 valence electrons. The molecule has 0 unspecified atom stereocenters. The summed E-state index contributed by atoms with van der Waals surface area (Å²) in [6.07, 6.45) is 0. The second-order valence-corrected chi connectivity index (χ2v) is 7.28. The van der Waals surface area contributed by atoms with Crippen LogP contribution >= 0.6 is 11.8 Å². The lowest BCUT2D eigenvalue weighted by molar-refractivity contribution is -0.387. The standard InChI is InChI=1S/C21H18N2O4S/c1-14-5-8-18(9-6-14)28-20-10-7-16(12-19(20)23(26)27)21(25)22-17-4-2-3-15(11-17)13-24/h2-12,24H,13H2,1H3,(H,22,25). The Bertz CT molecular complexity index is 1020. The average Bonchev–Trinajstić information content (AvgIpc) is 2.70. The molecule has 0 aromatic heterocycles. The summed E-state index contributed by atoms with van der Waals surface area (Å²) < 4.78 is 0. The Morgan fingerprint density at radius 2 is 1.86 bits per heavy atom. The first kappa shape index (κ1) is 19.6. The maximum Gasteiger partial charge on any atom is 0.284 e. The molecule has 0 aliphatic carbocycles. The number of nitro benzene ring substituents is 1. The van der Waals surface area contributed by atoms with E-state index in [0.29, 0.717) is 16.1 Å². The minimum atomic E-state index is -0.486. The summed E-state index contributed by atoms with van der Waals surface area (Å²) in [5.41, 5.74) is 2.35. The van der Waals surface area contributed by atoms with Gasteiger partial charge in [-0.1, -0.05) is 41.6 Å². The smallest absolute Gasteiger partial charge is 0.284 e. The predicted octanol–water partition coefficient (Wildman–Crippen LogP) is 4.80. The number of aliphatic hydroxyl groups excluding tert-OH is 1. The van der Waals surface area contributed by atoms with Gasteiger partial charge in [-0.3, -0.25) is 14.9 Å². The molecule has 28 heavy (non-hydrogen) atoms. The number of benzene rings is 3. The molecule has 0 radical (unpaired) electrons. The normalized spacial score (nSPS) is 10.5. The highest BCUT2D eigenvalue weighted by molar-refractivity contribution is 7.99. The third-order valence-corrected chi connectivity index (χ3v) is 5.11. The lowest BCUT2D eigenvalue weighted by Crippen LogP contribution is -2.12. The van der Waals surface area contributed by atoms with Gasteiger partial charge in [-0.05, 0) is 48.9 Å². The van der Waals surface area contributed by atoms with Gasteiger partial charge in [0.2, 0.25) is 0 Å². The van der Waals surface area contributed by atoms with Crippen LogP contribution < -0.4 is 5.32 Å². The number of aliphatic hydroxyl groups is 1. The highest BCUT2D eigenvalue weighted by Gasteiger charge is 2.18. The van der Waals surface area contributed by atoms with Gasteiger partial charge in [-0.2, -0.15) is 0 Å². The fraction of sp³-hybridized carbons (Fsp3) is 0.0952. The molecule has 6 nitrogen and oxygen atoms in total. The number of carbonyl (C=O) groups is 1. The van der Waals surface area contributed by atoms with Gasteiger partial charge < -0.3 is 10.4 Å². The first-order chi connectivity index (χ1) is 13.5. The molecule has 0 saturated heterocycles. The van der Waals surface area contributed by atoms with Crippen molar-refractivity contribution in [2.24, 2.45) is 0 Å². The molecule has 0 bridgehead atoms. The molecule has 3 rings (SSSR count). The number of amides is 1. The number of rotatable bonds is 6. The van der Waals surface area contributed by atoms with Crippen molar-refractivity contribution in [2.75, 3.05) is 5.32 Å². The summed E-state index contributed by atoms with van der Waals surface area (Å²) >= 11 is 1.28. The molecular weight excluding hydrogens is 376 g/mol. The zero-order valence-electron chi connectivity index (χ0n) is 15.1. The van der Waals surface area contributed by atoms with Crippen molar-refractivity contribution in [3.63, 3.8) is 0 Å². The molecule has 0 aliphatic rings.